The Labute approximate surface area is 164 Å². The maximum atomic E-state index is 12.7. The fourth-order valence-corrected chi connectivity index (χ4v) is 4.12. The summed E-state index contributed by atoms with van der Waals surface area (Å²) in [6.45, 7) is 5.75. The Bertz CT molecular complexity index is 985. The molecule has 8 nitrogen and oxygen atoms in total. The molecule has 0 aromatic heterocycles. The molecule has 0 unspecified atom stereocenters. The number of nitrogens with one attached hydrogen (secondary N) is 2. The predicted octanol–water partition coefficient (Wildman–Crippen LogP) is 1.81. The molecule has 0 saturated heterocycles. The van der Waals surface area contributed by atoms with E-state index in [4.69, 9.17) is 0 Å². The van der Waals surface area contributed by atoms with Crippen LogP contribution in [0.25, 0.3) is 0 Å². The van der Waals surface area contributed by atoms with Crippen LogP contribution in [0.3, 0.4) is 0 Å². The number of aryl methyl sites for hydroxylation is 1. The number of aromatic hydroxyl groups is 1. The van der Waals surface area contributed by atoms with Crippen LogP contribution in [-0.4, -0.2) is 42.7 Å². The number of carbonyl (C=O) groups excluding carboxylic acids is 2. The summed E-state index contributed by atoms with van der Waals surface area (Å²) in [7, 11) is -3.72. The molecule has 2 aromatic carbocycles. The molecular weight excluding hydrogens is 382 g/mol. The molecule has 0 aliphatic carbocycles. The number of hydrogen-bond donors (Lipinski definition) is 3. The Morgan fingerprint density at radius 2 is 1.54 bits per heavy atom. The van der Waals surface area contributed by atoms with E-state index in [0.29, 0.717) is 18.7 Å². The van der Waals surface area contributed by atoms with Crippen LogP contribution in [0.2, 0.25) is 0 Å². The Morgan fingerprint density at radius 1 is 0.964 bits per heavy atom. The second-order valence-corrected chi connectivity index (χ2v) is 7.93. The fourth-order valence-electron chi connectivity index (χ4n) is 2.63. The van der Waals surface area contributed by atoms with Crippen molar-refractivity contribution in [2.24, 2.45) is 0 Å². The lowest BCUT2D eigenvalue weighted by Gasteiger charge is -2.19. The van der Waals surface area contributed by atoms with Gasteiger partial charge in [-0.1, -0.05) is 32.0 Å². The number of phenolic OH excluding ortho intramolecular Hbond substituents is 1. The first-order chi connectivity index (χ1) is 13.2. The number of sulfonamides is 1. The molecular formula is C19H23N3O5S. The molecule has 0 aliphatic heterocycles. The Kier molecular flexibility index (Phi) is 6.76. The third kappa shape index (κ3) is 4.49. The van der Waals surface area contributed by atoms with E-state index >= 15 is 0 Å². The van der Waals surface area contributed by atoms with E-state index in [1.54, 1.807) is 32.9 Å². The minimum atomic E-state index is -3.72. The van der Waals surface area contributed by atoms with Crippen LogP contribution in [0.1, 0.15) is 40.1 Å². The number of amides is 2. The summed E-state index contributed by atoms with van der Waals surface area (Å²) in [5, 5.41) is 9.69. The van der Waals surface area contributed by atoms with E-state index < -0.39 is 21.8 Å². The van der Waals surface area contributed by atoms with Gasteiger partial charge in [0, 0.05) is 18.7 Å². The van der Waals surface area contributed by atoms with Crippen molar-refractivity contribution in [3.63, 3.8) is 0 Å². The lowest BCUT2D eigenvalue weighted by molar-refractivity contribution is 0.0844. The third-order valence-electron chi connectivity index (χ3n) is 4.24. The molecule has 0 heterocycles. The summed E-state index contributed by atoms with van der Waals surface area (Å²) < 4.78 is 26.6. The molecule has 2 aromatic rings. The van der Waals surface area contributed by atoms with Crippen molar-refractivity contribution in [1.82, 2.24) is 15.2 Å². The van der Waals surface area contributed by atoms with Gasteiger partial charge < -0.3 is 5.11 Å². The maximum Gasteiger partial charge on any atom is 0.273 e. The second-order valence-electron chi connectivity index (χ2n) is 5.99. The zero-order chi connectivity index (χ0) is 20.9. The number of para-hydroxylation sites is 1. The Hall–Kier alpha value is -2.91. The van der Waals surface area contributed by atoms with Crippen molar-refractivity contribution < 1.29 is 23.1 Å². The highest BCUT2D eigenvalue weighted by atomic mass is 32.2. The first kappa shape index (κ1) is 21.4. The number of hydrazine groups is 1. The molecule has 0 atom stereocenters. The van der Waals surface area contributed by atoms with Gasteiger partial charge in [-0.3, -0.25) is 20.4 Å². The Morgan fingerprint density at radius 3 is 2.11 bits per heavy atom. The average molecular weight is 405 g/mol. The van der Waals surface area contributed by atoms with Crippen molar-refractivity contribution >= 4 is 21.8 Å². The van der Waals surface area contributed by atoms with Crippen LogP contribution in [0, 0.1) is 6.92 Å². The highest BCUT2D eigenvalue weighted by Crippen LogP contribution is 2.20. The van der Waals surface area contributed by atoms with Gasteiger partial charge in [0.1, 0.15) is 5.75 Å². The molecule has 150 valence electrons. The molecule has 0 aliphatic rings. The minimum Gasteiger partial charge on any atom is -0.507 e. The lowest BCUT2D eigenvalue weighted by Crippen LogP contribution is -2.42. The summed E-state index contributed by atoms with van der Waals surface area (Å²) in [5.74, 6) is -1.59. The molecule has 3 N–H and O–H groups in total. The van der Waals surface area contributed by atoms with Crippen LogP contribution in [0.5, 0.6) is 5.75 Å². The minimum absolute atomic E-state index is 0.000944. The molecule has 0 fully saturated rings. The summed E-state index contributed by atoms with van der Waals surface area (Å²) in [6, 6.07) is 10.2. The average Bonchev–Trinajstić information content (AvgIpc) is 2.67. The second kappa shape index (κ2) is 8.85. The summed E-state index contributed by atoms with van der Waals surface area (Å²) in [4.78, 5) is 24.6. The van der Waals surface area contributed by atoms with E-state index in [9.17, 15) is 23.1 Å². The summed E-state index contributed by atoms with van der Waals surface area (Å²) in [6.07, 6.45) is 0. The number of benzene rings is 2. The highest BCUT2D eigenvalue weighted by Gasteiger charge is 2.23. The van der Waals surface area contributed by atoms with Gasteiger partial charge >= 0.3 is 0 Å². The van der Waals surface area contributed by atoms with Gasteiger partial charge in [0.15, 0.2) is 0 Å². The first-order valence-corrected chi connectivity index (χ1v) is 10.2. The highest BCUT2D eigenvalue weighted by molar-refractivity contribution is 7.89. The molecule has 28 heavy (non-hydrogen) atoms. The quantitative estimate of drug-likeness (QED) is 0.634. The number of hydrogen-bond acceptors (Lipinski definition) is 5. The van der Waals surface area contributed by atoms with E-state index in [-0.39, 0.29) is 21.8 Å². The van der Waals surface area contributed by atoms with E-state index in [1.165, 1.54) is 34.6 Å². The van der Waals surface area contributed by atoms with Gasteiger partial charge in [-0.25, -0.2) is 8.42 Å². The maximum absolute atomic E-state index is 12.7. The SMILES string of the molecule is CCN(CC)S(=O)(=O)c1ccc(C)c(C(=O)NNC(=O)c2ccccc2O)c1. The molecule has 2 rings (SSSR count). The van der Waals surface area contributed by atoms with Gasteiger partial charge in [0.25, 0.3) is 11.8 Å². The van der Waals surface area contributed by atoms with Crippen LogP contribution < -0.4 is 10.9 Å². The summed E-state index contributed by atoms with van der Waals surface area (Å²) >= 11 is 0. The number of carbonyl (C=O) groups is 2. The van der Waals surface area contributed by atoms with E-state index in [0.717, 1.165) is 0 Å². The number of nitrogens with zero attached hydrogens (tertiary/aromatic N) is 1. The van der Waals surface area contributed by atoms with E-state index in [1.807, 2.05) is 0 Å². The van der Waals surface area contributed by atoms with Crippen LogP contribution in [-0.2, 0) is 10.0 Å². The molecule has 0 bridgehead atoms. The van der Waals surface area contributed by atoms with Crippen LogP contribution >= 0.6 is 0 Å². The summed E-state index contributed by atoms with van der Waals surface area (Å²) in [5.41, 5.74) is 5.12. The smallest absolute Gasteiger partial charge is 0.273 e. The zero-order valence-electron chi connectivity index (χ0n) is 15.9. The third-order valence-corrected chi connectivity index (χ3v) is 6.28. The van der Waals surface area contributed by atoms with Gasteiger partial charge in [-0.05, 0) is 36.8 Å². The van der Waals surface area contributed by atoms with Crippen molar-refractivity contribution in [3.8, 4) is 5.75 Å². The largest absolute Gasteiger partial charge is 0.507 e. The molecule has 2 amide bonds. The standard InChI is InChI=1S/C19H23N3O5S/c1-4-22(5-2)28(26,27)14-11-10-13(3)16(12-14)19(25)21-20-18(24)15-8-6-7-9-17(15)23/h6-12,23H,4-5H2,1-3H3,(H,20,24)(H,21,25). The topological polar surface area (TPSA) is 116 Å². The lowest BCUT2D eigenvalue weighted by atomic mass is 10.1. The van der Waals surface area contributed by atoms with Gasteiger partial charge in [-0.2, -0.15) is 4.31 Å². The molecule has 9 heteroatoms. The first-order valence-electron chi connectivity index (χ1n) is 8.71. The monoisotopic (exact) mass is 405 g/mol. The van der Waals surface area contributed by atoms with Crippen molar-refractivity contribution in [3.05, 3.63) is 59.2 Å². The molecule has 0 spiro atoms. The van der Waals surface area contributed by atoms with E-state index in [2.05, 4.69) is 10.9 Å². The number of phenols is 1. The molecule has 0 saturated carbocycles. The van der Waals surface area contributed by atoms with Crippen molar-refractivity contribution in [2.75, 3.05) is 13.1 Å². The fraction of sp³-hybridized carbons (Fsp3) is 0.263. The Balaban J connectivity index is 2.22. The van der Waals surface area contributed by atoms with Crippen LogP contribution in [0.4, 0.5) is 0 Å². The molecule has 0 radical (unpaired) electrons. The van der Waals surface area contributed by atoms with Gasteiger partial charge in [0.05, 0.1) is 10.5 Å². The van der Waals surface area contributed by atoms with Crippen LogP contribution in [0.15, 0.2) is 47.4 Å². The van der Waals surface area contributed by atoms with Crippen molar-refractivity contribution in [2.45, 2.75) is 25.7 Å². The van der Waals surface area contributed by atoms with Gasteiger partial charge in [-0.15, -0.1) is 0 Å². The number of rotatable bonds is 6. The van der Waals surface area contributed by atoms with Crippen molar-refractivity contribution in [1.29, 1.82) is 0 Å². The normalized spacial score (nSPS) is 11.3. The zero-order valence-corrected chi connectivity index (χ0v) is 16.7. The predicted molar refractivity (Wildman–Crippen MR) is 104 cm³/mol. The van der Waals surface area contributed by atoms with Gasteiger partial charge in [0.2, 0.25) is 10.0 Å².